The number of amides is 2. The summed E-state index contributed by atoms with van der Waals surface area (Å²) in [6.07, 6.45) is 4.86. The minimum Gasteiger partial charge on any atom is -0.471 e. The van der Waals surface area contributed by atoms with Crippen LogP contribution in [0.3, 0.4) is 0 Å². The summed E-state index contributed by atoms with van der Waals surface area (Å²) in [7, 11) is 0. The van der Waals surface area contributed by atoms with Gasteiger partial charge in [-0.3, -0.25) is 9.59 Å². The van der Waals surface area contributed by atoms with Gasteiger partial charge in [-0.15, -0.1) is 5.10 Å². The van der Waals surface area contributed by atoms with Crippen LogP contribution in [0.2, 0.25) is 0 Å². The molecular weight excluding hydrogens is 316 g/mol. The number of hydrogen-bond acceptors (Lipinski definition) is 6. The Morgan fingerprint density at radius 1 is 1.57 bits per heavy atom. The van der Waals surface area contributed by atoms with Gasteiger partial charge < -0.3 is 15.0 Å². The van der Waals surface area contributed by atoms with Gasteiger partial charge in [0.1, 0.15) is 12.1 Å². The fraction of sp³-hybridized carbons (Fsp3) is 0.600. The Morgan fingerprint density at radius 3 is 3.04 bits per heavy atom. The van der Waals surface area contributed by atoms with E-state index >= 15 is 0 Å². The van der Waals surface area contributed by atoms with Crippen LogP contribution in [0.5, 0.6) is 5.88 Å². The zero-order valence-electron chi connectivity index (χ0n) is 13.4. The van der Waals surface area contributed by atoms with Gasteiger partial charge in [0.25, 0.3) is 0 Å². The maximum Gasteiger partial charge on any atom is 0.245 e. The second kappa shape index (κ2) is 8.71. The molecular formula is C15H22N4O3S. The van der Waals surface area contributed by atoms with Gasteiger partial charge in [-0.1, -0.05) is 0 Å². The number of ether oxygens (including phenoxy) is 1. The predicted molar refractivity (Wildman–Crippen MR) is 88.2 cm³/mol. The molecule has 7 nitrogen and oxygen atoms in total. The van der Waals surface area contributed by atoms with Gasteiger partial charge in [0.05, 0.1) is 6.54 Å². The first-order valence-electron chi connectivity index (χ1n) is 7.59. The molecule has 1 aromatic rings. The molecule has 23 heavy (non-hydrogen) atoms. The van der Waals surface area contributed by atoms with Crippen LogP contribution < -0.4 is 10.1 Å². The lowest BCUT2D eigenvalue weighted by molar-refractivity contribution is -0.135. The predicted octanol–water partition coefficient (Wildman–Crippen LogP) is 0.714. The van der Waals surface area contributed by atoms with Gasteiger partial charge in [-0.2, -0.15) is 16.9 Å². The average Bonchev–Trinajstić information content (AvgIpc) is 3.00. The molecule has 1 N–H and O–H groups in total. The highest BCUT2D eigenvalue weighted by Gasteiger charge is 2.32. The van der Waals surface area contributed by atoms with Gasteiger partial charge >= 0.3 is 0 Å². The third-order valence-electron chi connectivity index (χ3n) is 3.58. The zero-order chi connectivity index (χ0) is 16.7. The Labute approximate surface area is 140 Å². The summed E-state index contributed by atoms with van der Waals surface area (Å²) in [4.78, 5) is 25.7. The van der Waals surface area contributed by atoms with E-state index in [1.807, 2.05) is 6.26 Å². The van der Waals surface area contributed by atoms with Crippen LogP contribution in [0.1, 0.15) is 19.8 Å². The summed E-state index contributed by atoms with van der Waals surface area (Å²) < 4.78 is 5.74. The van der Waals surface area contributed by atoms with Crippen molar-refractivity contribution in [2.45, 2.75) is 31.9 Å². The molecule has 0 radical (unpaired) electrons. The van der Waals surface area contributed by atoms with Crippen molar-refractivity contribution in [3.8, 4) is 5.88 Å². The van der Waals surface area contributed by atoms with Crippen molar-refractivity contribution in [1.82, 2.24) is 20.4 Å². The van der Waals surface area contributed by atoms with Gasteiger partial charge in [0, 0.05) is 32.2 Å². The van der Waals surface area contributed by atoms with Crippen LogP contribution in [0.25, 0.3) is 0 Å². The maximum absolute atomic E-state index is 12.6. The molecule has 0 aliphatic carbocycles. The molecule has 8 heteroatoms. The van der Waals surface area contributed by atoms with E-state index in [1.165, 1.54) is 6.92 Å². The highest BCUT2D eigenvalue weighted by molar-refractivity contribution is 7.98. The Hall–Kier alpha value is -1.83. The van der Waals surface area contributed by atoms with Crippen molar-refractivity contribution in [3.05, 3.63) is 18.3 Å². The SMILES string of the molecule is CSCCC(NC(C)=O)C(=O)N1CCC(Oc2cccnn2)C1. The number of hydrogen-bond donors (Lipinski definition) is 1. The molecule has 1 aromatic heterocycles. The molecule has 2 atom stereocenters. The fourth-order valence-electron chi connectivity index (χ4n) is 2.50. The summed E-state index contributed by atoms with van der Waals surface area (Å²) in [6.45, 7) is 2.56. The number of nitrogens with zero attached hydrogens (tertiary/aromatic N) is 3. The third kappa shape index (κ3) is 5.38. The van der Waals surface area contributed by atoms with Crippen LogP contribution >= 0.6 is 11.8 Å². The zero-order valence-corrected chi connectivity index (χ0v) is 14.2. The largest absolute Gasteiger partial charge is 0.471 e. The van der Waals surface area contributed by atoms with E-state index in [0.717, 1.165) is 12.2 Å². The van der Waals surface area contributed by atoms with Crippen molar-refractivity contribution in [3.63, 3.8) is 0 Å². The first-order chi connectivity index (χ1) is 11.1. The monoisotopic (exact) mass is 338 g/mol. The molecule has 2 unspecified atom stereocenters. The normalized spacial score (nSPS) is 18.5. The number of rotatable bonds is 7. The summed E-state index contributed by atoms with van der Waals surface area (Å²) in [5.41, 5.74) is 0. The van der Waals surface area contributed by atoms with E-state index in [-0.39, 0.29) is 17.9 Å². The minimum atomic E-state index is -0.463. The molecule has 0 spiro atoms. The van der Waals surface area contributed by atoms with Crippen LogP contribution in [-0.2, 0) is 9.59 Å². The number of aromatic nitrogens is 2. The molecule has 1 saturated heterocycles. The Balaban J connectivity index is 1.90. The van der Waals surface area contributed by atoms with Gasteiger partial charge in [0.2, 0.25) is 17.7 Å². The third-order valence-corrected chi connectivity index (χ3v) is 4.22. The molecule has 126 valence electrons. The van der Waals surface area contributed by atoms with Gasteiger partial charge in [-0.05, 0) is 24.5 Å². The maximum atomic E-state index is 12.6. The number of carbonyl (C=O) groups is 2. The van der Waals surface area contributed by atoms with Crippen LogP contribution in [0.4, 0.5) is 0 Å². The topological polar surface area (TPSA) is 84.4 Å². The summed E-state index contributed by atoms with van der Waals surface area (Å²) >= 11 is 1.66. The molecule has 1 aliphatic rings. The smallest absolute Gasteiger partial charge is 0.245 e. The lowest BCUT2D eigenvalue weighted by atomic mass is 10.2. The van der Waals surface area contributed by atoms with Crippen LogP contribution in [0, 0.1) is 0 Å². The molecule has 2 heterocycles. The second-order valence-corrected chi connectivity index (χ2v) is 6.39. The second-order valence-electron chi connectivity index (χ2n) is 5.41. The summed E-state index contributed by atoms with van der Waals surface area (Å²) in [5.74, 6) is 1.06. The summed E-state index contributed by atoms with van der Waals surface area (Å²) in [5, 5.41) is 10.4. The van der Waals surface area contributed by atoms with Crippen LogP contribution in [0.15, 0.2) is 18.3 Å². The number of carbonyl (C=O) groups excluding carboxylic acids is 2. The van der Waals surface area contributed by atoms with Gasteiger partial charge in [0.15, 0.2) is 0 Å². The molecule has 1 aliphatic heterocycles. The Bertz CT molecular complexity index is 529. The average molecular weight is 338 g/mol. The minimum absolute atomic E-state index is 0.0421. The van der Waals surface area contributed by atoms with E-state index in [0.29, 0.717) is 25.4 Å². The molecule has 1 fully saturated rings. The first-order valence-corrected chi connectivity index (χ1v) is 8.98. The van der Waals surface area contributed by atoms with E-state index in [4.69, 9.17) is 4.74 Å². The van der Waals surface area contributed by atoms with Crippen LogP contribution in [-0.4, -0.2) is 64.2 Å². The highest BCUT2D eigenvalue weighted by atomic mass is 32.2. The number of thioether (sulfide) groups is 1. The molecule has 2 rings (SSSR count). The number of likely N-dealkylation sites (tertiary alicyclic amines) is 1. The van der Waals surface area contributed by atoms with Crippen molar-refractivity contribution >= 4 is 23.6 Å². The van der Waals surface area contributed by atoms with Crippen molar-refractivity contribution in [2.24, 2.45) is 0 Å². The fourth-order valence-corrected chi connectivity index (χ4v) is 2.98. The molecule has 0 bridgehead atoms. The summed E-state index contributed by atoms with van der Waals surface area (Å²) in [6, 6.07) is 3.04. The van der Waals surface area contributed by atoms with E-state index in [2.05, 4.69) is 15.5 Å². The Morgan fingerprint density at radius 2 is 2.39 bits per heavy atom. The van der Waals surface area contributed by atoms with Crippen molar-refractivity contribution in [2.75, 3.05) is 25.1 Å². The lowest BCUT2D eigenvalue weighted by Gasteiger charge is -2.23. The van der Waals surface area contributed by atoms with Crippen molar-refractivity contribution < 1.29 is 14.3 Å². The molecule has 2 amide bonds. The Kier molecular flexibility index (Phi) is 6.64. The quantitative estimate of drug-likeness (QED) is 0.788. The number of nitrogens with one attached hydrogen (secondary N) is 1. The molecule has 0 saturated carbocycles. The standard InChI is InChI=1S/C15H22N4O3S/c1-11(20)17-13(6-9-23-2)15(21)19-8-5-12(10-19)22-14-4-3-7-16-18-14/h3-4,7,12-13H,5-6,8-10H2,1-2H3,(H,17,20). The first kappa shape index (κ1) is 17.5. The van der Waals surface area contributed by atoms with E-state index < -0.39 is 6.04 Å². The van der Waals surface area contributed by atoms with Crippen molar-refractivity contribution in [1.29, 1.82) is 0 Å². The van der Waals surface area contributed by atoms with Gasteiger partial charge in [-0.25, -0.2) is 0 Å². The highest BCUT2D eigenvalue weighted by Crippen LogP contribution is 2.17. The van der Waals surface area contributed by atoms with E-state index in [9.17, 15) is 9.59 Å². The van der Waals surface area contributed by atoms with E-state index in [1.54, 1.807) is 35.0 Å². The lowest BCUT2D eigenvalue weighted by Crippen LogP contribution is -2.48. The molecule has 0 aromatic carbocycles.